The second kappa shape index (κ2) is 14.7. The highest BCUT2D eigenvalue weighted by Crippen LogP contribution is 2.21. The lowest BCUT2D eigenvalue weighted by atomic mass is 10.1. The molecule has 3 N–H and O–H groups in total. The molecule has 1 aliphatic heterocycles. The molecule has 0 spiro atoms. The molecule has 1 unspecified atom stereocenters. The van der Waals surface area contributed by atoms with E-state index in [2.05, 4.69) is 55.7 Å². The highest BCUT2D eigenvalue weighted by Gasteiger charge is 2.20. The van der Waals surface area contributed by atoms with Crippen LogP contribution in [0.1, 0.15) is 48.3 Å². The van der Waals surface area contributed by atoms with E-state index in [-0.39, 0.29) is 0 Å². The van der Waals surface area contributed by atoms with Gasteiger partial charge in [-0.2, -0.15) is 5.10 Å². The van der Waals surface area contributed by atoms with Crippen LogP contribution in [0.3, 0.4) is 0 Å². The summed E-state index contributed by atoms with van der Waals surface area (Å²) in [4.78, 5) is 28.4. The van der Waals surface area contributed by atoms with Crippen LogP contribution >= 0.6 is 0 Å². The highest BCUT2D eigenvalue weighted by molar-refractivity contribution is 5.77. The summed E-state index contributed by atoms with van der Waals surface area (Å²) in [5.41, 5.74) is 6.20. The van der Waals surface area contributed by atoms with Gasteiger partial charge in [-0.25, -0.2) is 14.8 Å². The number of anilines is 2. The van der Waals surface area contributed by atoms with Crippen LogP contribution in [0.2, 0.25) is 0 Å². The van der Waals surface area contributed by atoms with Gasteiger partial charge in [0.15, 0.2) is 0 Å². The van der Waals surface area contributed by atoms with Gasteiger partial charge in [0, 0.05) is 36.6 Å². The number of unbranched alkanes of at least 4 members (excludes halogenated alkanes) is 1. The summed E-state index contributed by atoms with van der Waals surface area (Å²) in [7, 11) is 0. The van der Waals surface area contributed by atoms with E-state index in [0.717, 1.165) is 86.7 Å². The second-order valence-corrected chi connectivity index (χ2v) is 11.3. The smallest absolute Gasteiger partial charge is 0.326 e. The lowest BCUT2D eigenvalue weighted by Crippen LogP contribution is -2.37. The van der Waals surface area contributed by atoms with Gasteiger partial charge in [-0.1, -0.05) is 36.4 Å². The van der Waals surface area contributed by atoms with Crippen molar-refractivity contribution in [2.75, 3.05) is 36.8 Å². The Kier molecular flexibility index (Phi) is 10.3. The second-order valence-electron chi connectivity index (χ2n) is 11.3. The molecule has 5 rings (SSSR count). The van der Waals surface area contributed by atoms with Crippen LogP contribution in [-0.4, -0.2) is 72.9 Å². The third-order valence-electron chi connectivity index (χ3n) is 7.90. The summed E-state index contributed by atoms with van der Waals surface area (Å²) >= 11 is 0. The summed E-state index contributed by atoms with van der Waals surface area (Å²) in [6.07, 6.45) is 8.90. The molecule has 4 aromatic rings. The van der Waals surface area contributed by atoms with E-state index in [1.807, 2.05) is 41.9 Å². The van der Waals surface area contributed by atoms with Gasteiger partial charge in [-0.15, -0.1) is 0 Å². The highest BCUT2D eigenvalue weighted by atomic mass is 16.4. The summed E-state index contributed by atoms with van der Waals surface area (Å²) < 4.78 is 2.03. The number of aromatic nitrogens is 5. The zero-order valence-corrected chi connectivity index (χ0v) is 25.2. The van der Waals surface area contributed by atoms with Crippen molar-refractivity contribution in [3.63, 3.8) is 0 Å². The number of aryl methyl sites for hydroxylation is 4. The van der Waals surface area contributed by atoms with Gasteiger partial charge in [0.2, 0.25) is 0 Å². The number of benzene rings is 1. The molecule has 10 heteroatoms. The molecule has 1 aliphatic rings. The molecule has 43 heavy (non-hydrogen) atoms. The lowest BCUT2D eigenvalue weighted by Gasteiger charge is -2.25. The minimum Gasteiger partial charge on any atom is -0.480 e. The fourth-order valence-electron chi connectivity index (χ4n) is 5.55. The molecule has 0 bridgehead atoms. The molecule has 10 nitrogen and oxygen atoms in total. The normalized spacial score (nSPS) is 13.4. The molecule has 0 aliphatic carbocycles. The van der Waals surface area contributed by atoms with Gasteiger partial charge in [-0.3, -0.25) is 9.67 Å². The Morgan fingerprint density at radius 1 is 1.07 bits per heavy atom. The van der Waals surface area contributed by atoms with E-state index < -0.39 is 12.0 Å². The number of nitrogens with zero attached hydrogens (tertiary/aromatic N) is 6. The van der Waals surface area contributed by atoms with E-state index in [9.17, 15) is 9.90 Å². The average molecular weight is 583 g/mol. The van der Waals surface area contributed by atoms with Crippen LogP contribution in [-0.2, 0) is 24.2 Å². The maximum atomic E-state index is 12.3. The Hall–Kier alpha value is -4.31. The monoisotopic (exact) mass is 582 g/mol. The first-order valence-corrected chi connectivity index (χ1v) is 15.3. The Labute approximate surface area is 253 Å². The predicted molar refractivity (Wildman–Crippen MR) is 169 cm³/mol. The Balaban J connectivity index is 1.19. The minimum absolute atomic E-state index is 0.432. The van der Waals surface area contributed by atoms with E-state index in [1.165, 1.54) is 5.56 Å². The zero-order valence-electron chi connectivity index (χ0n) is 25.2. The molecule has 0 radical (unpaired) electrons. The first-order chi connectivity index (χ1) is 20.9. The van der Waals surface area contributed by atoms with Crippen molar-refractivity contribution in [2.24, 2.45) is 0 Å². The third-order valence-corrected chi connectivity index (χ3v) is 7.90. The summed E-state index contributed by atoms with van der Waals surface area (Å²) in [5.74, 6) is 0.592. The number of carboxylic acids is 1. The standard InChI is InChI=1S/C33H42N8O2/c1-24-21-25(2)41(39-24)20-19-40(17-7-6-12-28-14-13-27-11-8-16-35-32(27)36-28)18-15-29(33(42)43)37-31-23-34-22-30(38-31)26-9-4-3-5-10-26/h3-5,9-10,13-14,21-23,29H,6-8,11-12,15-20H2,1-2H3,(H,35,36)(H,37,38)(H,42,43). The number of nitrogens with one attached hydrogen (secondary N) is 2. The van der Waals surface area contributed by atoms with Crippen molar-refractivity contribution in [1.29, 1.82) is 0 Å². The van der Waals surface area contributed by atoms with Crippen molar-refractivity contribution in [1.82, 2.24) is 29.6 Å². The Morgan fingerprint density at radius 3 is 2.72 bits per heavy atom. The molecule has 1 atom stereocenters. The van der Waals surface area contributed by atoms with Gasteiger partial charge < -0.3 is 20.6 Å². The van der Waals surface area contributed by atoms with E-state index in [4.69, 9.17) is 4.98 Å². The topological polar surface area (TPSA) is 121 Å². The Bertz CT molecular complexity index is 1490. The number of hydrogen-bond donors (Lipinski definition) is 3. The van der Waals surface area contributed by atoms with E-state index in [1.54, 1.807) is 12.4 Å². The summed E-state index contributed by atoms with van der Waals surface area (Å²) in [6.45, 7) is 8.12. The number of hydrogen-bond acceptors (Lipinski definition) is 8. The molecular weight excluding hydrogens is 540 g/mol. The summed E-state index contributed by atoms with van der Waals surface area (Å²) in [5, 5.41) is 21.2. The quantitative estimate of drug-likeness (QED) is 0.166. The maximum absolute atomic E-state index is 12.3. The van der Waals surface area contributed by atoms with Crippen LogP contribution in [0.25, 0.3) is 11.3 Å². The molecule has 0 amide bonds. The first kappa shape index (κ1) is 30.2. The molecule has 0 saturated carbocycles. The van der Waals surface area contributed by atoms with E-state index in [0.29, 0.717) is 24.5 Å². The van der Waals surface area contributed by atoms with E-state index >= 15 is 0 Å². The third kappa shape index (κ3) is 8.61. The van der Waals surface area contributed by atoms with Gasteiger partial charge in [0.05, 0.1) is 30.3 Å². The molecule has 4 heterocycles. The maximum Gasteiger partial charge on any atom is 0.326 e. The lowest BCUT2D eigenvalue weighted by molar-refractivity contribution is -0.138. The van der Waals surface area contributed by atoms with Crippen molar-refractivity contribution in [3.05, 3.63) is 83.6 Å². The van der Waals surface area contributed by atoms with Crippen LogP contribution in [0.4, 0.5) is 11.6 Å². The number of carboxylic acid groups (broad SMARTS) is 1. The van der Waals surface area contributed by atoms with Crippen LogP contribution in [0.15, 0.2) is 60.9 Å². The SMILES string of the molecule is Cc1cc(C)n(CCN(CCCCc2ccc3c(n2)NCCC3)CCC(Nc2cncc(-c3ccccc3)n2)C(=O)O)n1. The van der Waals surface area contributed by atoms with Crippen molar-refractivity contribution >= 4 is 17.6 Å². The van der Waals surface area contributed by atoms with Crippen molar-refractivity contribution in [2.45, 2.75) is 65.0 Å². The van der Waals surface area contributed by atoms with Gasteiger partial charge in [-0.05, 0) is 76.6 Å². The molecule has 226 valence electrons. The molecule has 0 saturated heterocycles. The molecular formula is C33H42N8O2. The van der Waals surface area contributed by atoms with Gasteiger partial charge in [0.1, 0.15) is 17.7 Å². The largest absolute Gasteiger partial charge is 0.480 e. The number of pyridine rings is 1. The predicted octanol–water partition coefficient (Wildman–Crippen LogP) is 4.99. The minimum atomic E-state index is -0.905. The molecule has 3 aromatic heterocycles. The van der Waals surface area contributed by atoms with Gasteiger partial charge >= 0.3 is 5.97 Å². The molecule has 1 aromatic carbocycles. The molecule has 0 fully saturated rings. The zero-order chi connectivity index (χ0) is 30.0. The first-order valence-electron chi connectivity index (χ1n) is 15.3. The fraction of sp³-hybridized carbons (Fsp3) is 0.424. The van der Waals surface area contributed by atoms with Gasteiger partial charge in [0.25, 0.3) is 0 Å². The average Bonchev–Trinajstić information content (AvgIpc) is 3.35. The van der Waals surface area contributed by atoms with Crippen LogP contribution in [0, 0.1) is 13.8 Å². The Morgan fingerprint density at radius 2 is 1.93 bits per heavy atom. The summed E-state index contributed by atoms with van der Waals surface area (Å²) in [6, 6.07) is 15.4. The van der Waals surface area contributed by atoms with Crippen molar-refractivity contribution in [3.8, 4) is 11.3 Å². The van der Waals surface area contributed by atoms with Crippen LogP contribution in [0.5, 0.6) is 0 Å². The number of carbonyl (C=O) groups is 1. The number of rotatable bonds is 15. The van der Waals surface area contributed by atoms with Crippen molar-refractivity contribution < 1.29 is 9.90 Å². The number of aliphatic carboxylic acids is 1. The fourth-order valence-corrected chi connectivity index (χ4v) is 5.55. The number of fused-ring (bicyclic) bond motifs is 1. The van der Waals surface area contributed by atoms with Crippen LogP contribution < -0.4 is 10.6 Å².